The maximum atomic E-state index is 13.3. The normalized spacial score (nSPS) is 11.9. The Kier molecular flexibility index (Phi) is 7.01. The smallest absolute Gasteiger partial charge is 0.333 e. The fraction of sp³-hybridized carbons (Fsp3) is 0.320. The van der Waals surface area contributed by atoms with Crippen LogP contribution in [0.3, 0.4) is 0 Å². The van der Waals surface area contributed by atoms with Crippen molar-refractivity contribution in [3.8, 4) is 17.1 Å². The molecule has 0 spiro atoms. The van der Waals surface area contributed by atoms with Crippen LogP contribution in [0.25, 0.3) is 17.1 Å². The average Bonchev–Trinajstić information content (AvgIpc) is 3.31. The van der Waals surface area contributed by atoms with Gasteiger partial charge in [-0.25, -0.2) is 14.6 Å². The Morgan fingerprint density at radius 1 is 1.11 bits per heavy atom. The van der Waals surface area contributed by atoms with Gasteiger partial charge in [-0.15, -0.1) is 0 Å². The molecule has 0 aliphatic rings. The third-order valence-corrected chi connectivity index (χ3v) is 6.13. The quantitative estimate of drug-likeness (QED) is 0.388. The molecular weight excluding hydrogens is 490 g/mol. The van der Waals surface area contributed by atoms with Crippen LogP contribution in [0.5, 0.6) is 0 Å². The first-order valence-corrected chi connectivity index (χ1v) is 11.6. The zero-order chi connectivity index (χ0) is 26.2. The molecule has 8 nitrogen and oxygen atoms in total. The second-order valence-corrected chi connectivity index (χ2v) is 9.43. The van der Waals surface area contributed by atoms with Gasteiger partial charge in [-0.1, -0.05) is 11.6 Å². The molecule has 0 fully saturated rings. The predicted octanol–water partition coefficient (Wildman–Crippen LogP) is 4.56. The molecule has 4 heterocycles. The van der Waals surface area contributed by atoms with E-state index >= 15 is 0 Å². The number of aryl methyl sites for hydroxylation is 4. The van der Waals surface area contributed by atoms with Gasteiger partial charge in [-0.2, -0.15) is 13.9 Å². The van der Waals surface area contributed by atoms with Crippen molar-refractivity contribution in [3.63, 3.8) is 0 Å². The highest BCUT2D eigenvalue weighted by molar-refractivity contribution is 6.31. The zero-order valence-corrected chi connectivity index (χ0v) is 21.0. The van der Waals surface area contributed by atoms with Crippen LogP contribution in [0.2, 0.25) is 5.02 Å². The maximum absolute atomic E-state index is 13.3. The van der Waals surface area contributed by atoms with Gasteiger partial charge in [-0.3, -0.25) is 14.3 Å². The largest absolute Gasteiger partial charge is 0.382 e. The Morgan fingerprint density at radius 3 is 2.53 bits per heavy atom. The molecule has 0 atom stereocenters. The van der Waals surface area contributed by atoms with Crippen LogP contribution >= 0.6 is 11.6 Å². The lowest BCUT2D eigenvalue weighted by molar-refractivity contribution is 0.0565. The Labute approximate surface area is 211 Å². The summed E-state index contributed by atoms with van der Waals surface area (Å²) in [5.74, 6) is 0.253. The topological polar surface area (TPSA) is 98.7 Å². The van der Waals surface area contributed by atoms with E-state index in [1.54, 1.807) is 45.3 Å². The number of rotatable bonds is 7. The predicted molar refractivity (Wildman–Crippen MR) is 131 cm³/mol. The Hall–Kier alpha value is -3.50. The van der Waals surface area contributed by atoms with E-state index in [1.807, 2.05) is 13.0 Å². The van der Waals surface area contributed by atoms with E-state index in [0.717, 1.165) is 5.56 Å². The van der Waals surface area contributed by atoms with Crippen molar-refractivity contribution >= 4 is 11.6 Å². The molecule has 4 rings (SSSR count). The monoisotopic (exact) mass is 514 g/mol. The summed E-state index contributed by atoms with van der Waals surface area (Å²) >= 11 is 6.48. The first kappa shape index (κ1) is 25.6. The summed E-state index contributed by atoms with van der Waals surface area (Å²) in [5, 5.41) is 14.0. The molecule has 0 radical (unpaired) electrons. The lowest BCUT2D eigenvalue weighted by Crippen LogP contribution is -2.23. The minimum atomic E-state index is -2.70. The van der Waals surface area contributed by atoms with E-state index in [4.69, 9.17) is 11.6 Å². The molecule has 1 N–H and O–H groups in total. The fourth-order valence-corrected chi connectivity index (χ4v) is 4.07. The number of aromatic nitrogens is 6. The molecule has 0 saturated carbocycles. The second kappa shape index (κ2) is 9.87. The minimum Gasteiger partial charge on any atom is -0.382 e. The van der Waals surface area contributed by atoms with Gasteiger partial charge in [0.15, 0.2) is 5.82 Å². The van der Waals surface area contributed by atoms with Gasteiger partial charge < -0.3 is 5.11 Å². The SMILES string of the molecule is Cc1cnc(-c2ccnc(C(C)(C)O)n2)cc1-n1c(C)cc(CCc2cnn(C(F)F)c2)c(Cl)c1=O. The van der Waals surface area contributed by atoms with Crippen LogP contribution in [0.4, 0.5) is 8.78 Å². The molecule has 188 valence electrons. The summed E-state index contributed by atoms with van der Waals surface area (Å²) in [6.07, 6.45) is 6.66. The summed E-state index contributed by atoms with van der Waals surface area (Å²) in [7, 11) is 0. The highest BCUT2D eigenvalue weighted by Crippen LogP contribution is 2.25. The summed E-state index contributed by atoms with van der Waals surface area (Å²) in [5.41, 5.74) is 2.64. The van der Waals surface area contributed by atoms with Crippen molar-refractivity contribution in [2.24, 2.45) is 0 Å². The lowest BCUT2D eigenvalue weighted by Gasteiger charge is -2.17. The van der Waals surface area contributed by atoms with E-state index < -0.39 is 17.7 Å². The van der Waals surface area contributed by atoms with Crippen molar-refractivity contribution in [1.29, 1.82) is 0 Å². The Balaban J connectivity index is 1.69. The van der Waals surface area contributed by atoms with Crippen LogP contribution in [0.1, 0.15) is 48.6 Å². The molecule has 0 aromatic carbocycles. The number of hydrogen-bond donors (Lipinski definition) is 1. The maximum Gasteiger partial charge on any atom is 0.333 e. The van der Waals surface area contributed by atoms with E-state index in [9.17, 15) is 18.7 Å². The molecule has 36 heavy (non-hydrogen) atoms. The molecule has 0 saturated heterocycles. The van der Waals surface area contributed by atoms with Crippen LogP contribution in [0, 0.1) is 13.8 Å². The van der Waals surface area contributed by atoms with E-state index in [-0.39, 0.29) is 10.8 Å². The van der Waals surface area contributed by atoms with Crippen molar-refractivity contribution in [3.05, 3.63) is 86.6 Å². The molecule has 0 aliphatic heterocycles. The zero-order valence-electron chi connectivity index (χ0n) is 20.2. The van der Waals surface area contributed by atoms with Crippen LogP contribution in [-0.4, -0.2) is 34.4 Å². The standard InChI is InChI=1S/C25H25ClF2N6O2/c1-14-11-30-19(18-7-8-29-23(32-18)25(3,4)36)10-20(14)34-15(2)9-17(21(26)22(34)35)6-5-16-12-31-33(13-16)24(27)28/h7-13,24,36H,5-6H2,1-4H3. The molecule has 0 bridgehead atoms. The van der Waals surface area contributed by atoms with E-state index in [1.165, 1.54) is 17.0 Å². The van der Waals surface area contributed by atoms with Gasteiger partial charge >= 0.3 is 6.55 Å². The summed E-state index contributed by atoms with van der Waals surface area (Å²) < 4.78 is 27.6. The molecule has 0 amide bonds. The number of alkyl halides is 2. The Bertz CT molecular complexity index is 1480. The summed E-state index contributed by atoms with van der Waals surface area (Å²) in [6.45, 7) is 4.12. The van der Waals surface area contributed by atoms with E-state index in [0.29, 0.717) is 51.4 Å². The molecular formula is C25H25ClF2N6O2. The number of nitrogens with zero attached hydrogens (tertiary/aromatic N) is 6. The van der Waals surface area contributed by atoms with Gasteiger partial charge in [-0.05, 0) is 75.4 Å². The number of pyridine rings is 2. The second-order valence-electron chi connectivity index (χ2n) is 9.05. The number of aliphatic hydroxyl groups is 1. The van der Waals surface area contributed by atoms with Crippen LogP contribution < -0.4 is 5.56 Å². The molecule has 0 unspecified atom stereocenters. The van der Waals surface area contributed by atoms with Crippen molar-refractivity contribution in [2.45, 2.75) is 52.7 Å². The number of halogens is 3. The molecule has 4 aromatic heterocycles. The first-order valence-electron chi connectivity index (χ1n) is 11.2. The highest BCUT2D eigenvalue weighted by Gasteiger charge is 2.21. The van der Waals surface area contributed by atoms with Gasteiger partial charge in [0.25, 0.3) is 5.56 Å². The summed E-state index contributed by atoms with van der Waals surface area (Å²) in [4.78, 5) is 26.3. The minimum absolute atomic E-state index is 0.0611. The van der Waals surface area contributed by atoms with Gasteiger partial charge in [0.05, 0.1) is 23.3 Å². The fourth-order valence-electron chi connectivity index (χ4n) is 3.84. The summed E-state index contributed by atoms with van der Waals surface area (Å²) in [6, 6.07) is 5.24. The van der Waals surface area contributed by atoms with Crippen molar-refractivity contribution in [1.82, 2.24) is 29.3 Å². The molecule has 11 heteroatoms. The average molecular weight is 515 g/mol. The first-order chi connectivity index (χ1) is 17.0. The molecule has 0 aliphatic carbocycles. The highest BCUT2D eigenvalue weighted by atomic mass is 35.5. The van der Waals surface area contributed by atoms with Crippen LogP contribution in [0.15, 0.2) is 47.8 Å². The van der Waals surface area contributed by atoms with Crippen molar-refractivity contribution < 1.29 is 13.9 Å². The Morgan fingerprint density at radius 2 is 1.86 bits per heavy atom. The number of hydrogen-bond acceptors (Lipinski definition) is 6. The molecule has 4 aromatic rings. The lowest BCUT2D eigenvalue weighted by atomic mass is 10.1. The van der Waals surface area contributed by atoms with Gasteiger partial charge in [0.1, 0.15) is 10.6 Å². The van der Waals surface area contributed by atoms with E-state index in [2.05, 4.69) is 20.1 Å². The van der Waals surface area contributed by atoms with Gasteiger partial charge in [0, 0.05) is 24.3 Å². The van der Waals surface area contributed by atoms with Gasteiger partial charge in [0.2, 0.25) is 0 Å². The third kappa shape index (κ3) is 5.19. The third-order valence-electron chi connectivity index (χ3n) is 5.73. The van der Waals surface area contributed by atoms with Crippen molar-refractivity contribution in [2.75, 3.05) is 0 Å². The van der Waals surface area contributed by atoms with Crippen LogP contribution in [-0.2, 0) is 18.4 Å².